The first-order valence-electron chi connectivity index (χ1n) is 8.72. The first kappa shape index (κ1) is 20.6. The molecular weight excluding hydrogens is 358 g/mol. The fourth-order valence-electron chi connectivity index (χ4n) is 3.19. The maximum Gasteiger partial charge on any atom is 0.240 e. The molecule has 0 amide bonds. The van der Waals surface area contributed by atoms with Crippen LogP contribution in [0.15, 0.2) is 54.6 Å². The number of halogens is 3. The summed E-state index contributed by atoms with van der Waals surface area (Å²) in [4.78, 5) is 2.14. The molecule has 3 rings (SSSR count). The number of ether oxygens (including phenoxy) is 1. The molecule has 2 aromatic carbocycles. The van der Waals surface area contributed by atoms with E-state index in [-0.39, 0.29) is 24.9 Å². The van der Waals surface area contributed by atoms with Crippen LogP contribution in [0.25, 0.3) is 0 Å². The Morgan fingerprint density at radius 3 is 2.23 bits per heavy atom. The van der Waals surface area contributed by atoms with Crippen molar-refractivity contribution in [2.24, 2.45) is 0 Å². The number of rotatable bonds is 7. The summed E-state index contributed by atoms with van der Waals surface area (Å²) in [6.07, 6.45) is -2.45. The van der Waals surface area contributed by atoms with Crippen molar-refractivity contribution >= 4 is 12.4 Å². The number of nitrogens with zero attached hydrogens (tertiary/aromatic N) is 1. The molecule has 2 aromatic rings. The van der Waals surface area contributed by atoms with Crippen LogP contribution in [0.1, 0.15) is 23.6 Å². The molecule has 0 bridgehead atoms. The van der Waals surface area contributed by atoms with Gasteiger partial charge < -0.3 is 10.1 Å². The smallest absolute Gasteiger partial charge is 0.240 e. The fourth-order valence-corrected chi connectivity index (χ4v) is 3.19. The maximum atomic E-state index is 13.0. The van der Waals surface area contributed by atoms with Crippen molar-refractivity contribution < 1.29 is 13.5 Å². The maximum absolute atomic E-state index is 13.0. The summed E-state index contributed by atoms with van der Waals surface area (Å²) in [5.74, 6) is 0.753. The molecule has 0 aliphatic carbocycles. The lowest BCUT2D eigenvalue weighted by molar-refractivity contribution is 0.0739. The van der Waals surface area contributed by atoms with E-state index in [1.54, 1.807) is 0 Å². The molecule has 6 heteroatoms. The number of piperazine rings is 1. The van der Waals surface area contributed by atoms with E-state index in [1.165, 1.54) is 0 Å². The second-order valence-electron chi connectivity index (χ2n) is 6.27. The highest BCUT2D eigenvalue weighted by Crippen LogP contribution is 2.29. The molecule has 1 fully saturated rings. The fraction of sp³-hybridized carbons (Fsp3) is 0.400. The predicted molar refractivity (Wildman–Crippen MR) is 102 cm³/mol. The minimum Gasteiger partial charge on any atom is -0.489 e. The minimum atomic E-state index is -2.31. The summed E-state index contributed by atoms with van der Waals surface area (Å²) in [5, 5.41) is 3.27. The van der Waals surface area contributed by atoms with Crippen molar-refractivity contribution in [3.8, 4) is 5.75 Å². The summed E-state index contributed by atoms with van der Waals surface area (Å²) in [6, 6.07) is 17.3. The van der Waals surface area contributed by atoms with E-state index in [9.17, 15) is 8.78 Å². The van der Waals surface area contributed by atoms with E-state index in [4.69, 9.17) is 4.74 Å². The van der Waals surface area contributed by atoms with E-state index < -0.39 is 6.43 Å². The largest absolute Gasteiger partial charge is 0.489 e. The lowest BCUT2D eigenvalue weighted by Gasteiger charge is -2.35. The second-order valence-corrected chi connectivity index (χ2v) is 6.27. The van der Waals surface area contributed by atoms with E-state index in [0.29, 0.717) is 6.61 Å². The van der Waals surface area contributed by atoms with Gasteiger partial charge in [0.1, 0.15) is 12.4 Å². The van der Waals surface area contributed by atoms with Gasteiger partial charge in [-0.15, -0.1) is 12.4 Å². The van der Waals surface area contributed by atoms with Gasteiger partial charge in [0.2, 0.25) is 6.43 Å². The molecular formula is C20H25ClF2N2O. The minimum absolute atomic E-state index is 0. The van der Waals surface area contributed by atoms with Crippen molar-refractivity contribution in [3.05, 3.63) is 65.7 Å². The quantitative estimate of drug-likeness (QED) is 0.773. The lowest BCUT2D eigenvalue weighted by atomic mass is 10.0. The SMILES string of the molecule is Cl.FC(F)C[C@@H](c1ccc(OCc2ccccc2)cc1)N1CCNCC1. The molecule has 0 aromatic heterocycles. The summed E-state index contributed by atoms with van der Waals surface area (Å²) in [5.41, 5.74) is 2.03. The highest BCUT2D eigenvalue weighted by atomic mass is 35.5. The van der Waals surface area contributed by atoms with Crippen LogP contribution in [-0.4, -0.2) is 37.5 Å². The third-order valence-electron chi connectivity index (χ3n) is 4.51. The molecule has 0 spiro atoms. The second kappa shape index (κ2) is 10.5. The highest BCUT2D eigenvalue weighted by molar-refractivity contribution is 5.85. The van der Waals surface area contributed by atoms with Crippen molar-refractivity contribution in [3.63, 3.8) is 0 Å². The summed E-state index contributed by atoms with van der Waals surface area (Å²) in [7, 11) is 0. The zero-order chi connectivity index (χ0) is 17.5. The van der Waals surface area contributed by atoms with Crippen molar-refractivity contribution in [1.29, 1.82) is 0 Å². The van der Waals surface area contributed by atoms with Gasteiger partial charge in [0.05, 0.1) is 0 Å². The summed E-state index contributed by atoms with van der Waals surface area (Å²) < 4.78 is 31.9. The Morgan fingerprint density at radius 1 is 0.962 bits per heavy atom. The highest BCUT2D eigenvalue weighted by Gasteiger charge is 2.25. The van der Waals surface area contributed by atoms with Gasteiger partial charge in [-0.1, -0.05) is 42.5 Å². The molecule has 0 unspecified atom stereocenters. The van der Waals surface area contributed by atoms with Crippen LogP contribution in [0.2, 0.25) is 0 Å². The predicted octanol–water partition coefficient (Wildman–Crippen LogP) is 4.29. The van der Waals surface area contributed by atoms with Gasteiger partial charge in [-0.2, -0.15) is 0 Å². The molecule has 26 heavy (non-hydrogen) atoms. The molecule has 1 atom stereocenters. The molecule has 0 radical (unpaired) electrons. The average molecular weight is 383 g/mol. The topological polar surface area (TPSA) is 24.5 Å². The molecule has 1 aliphatic heterocycles. The standard InChI is InChI=1S/C20H24F2N2O.ClH/c21-20(22)14-19(24-12-10-23-11-13-24)17-6-8-18(9-7-17)25-15-16-4-2-1-3-5-16;/h1-9,19-20,23H,10-15H2;1H/t19-;/m0./s1. The third-order valence-corrected chi connectivity index (χ3v) is 4.51. The van der Waals surface area contributed by atoms with Crippen molar-refractivity contribution in [1.82, 2.24) is 10.2 Å². The Hall–Kier alpha value is -1.69. The van der Waals surface area contributed by atoms with Gasteiger partial charge in [0.25, 0.3) is 0 Å². The Labute approximate surface area is 159 Å². The van der Waals surface area contributed by atoms with Crippen LogP contribution in [0, 0.1) is 0 Å². The van der Waals surface area contributed by atoms with Crippen LogP contribution in [-0.2, 0) is 6.61 Å². The number of hydrogen-bond donors (Lipinski definition) is 1. The van der Waals surface area contributed by atoms with Gasteiger partial charge in [0, 0.05) is 38.6 Å². The van der Waals surface area contributed by atoms with Crippen LogP contribution in [0.3, 0.4) is 0 Å². The van der Waals surface area contributed by atoms with E-state index in [1.807, 2.05) is 54.6 Å². The molecule has 1 heterocycles. The number of alkyl halides is 2. The lowest BCUT2D eigenvalue weighted by Crippen LogP contribution is -2.45. The molecule has 1 saturated heterocycles. The average Bonchev–Trinajstić information content (AvgIpc) is 2.66. The first-order valence-corrected chi connectivity index (χ1v) is 8.72. The molecule has 142 valence electrons. The zero-order valence-electron chi connectivity index (χ0n) is 14.6. The van der Waals surface area contributed by atoms with E-state index in [2.05, 4.69) is 10.2 Å². The van der Waals surface area contributed by atoms with Crippen LogP contribution in [0.4, 0.5) is 8.78 Å². The molecule has 1 N–H and O–H groups in total. The van der Waals surface area contributed by atoms with E-state index in [0.717, 1.165) is 43.1 Å². The van der Waals surface area contributed by atoms with Gasteiger partial charge in [-0.3, -0.25) is 4.90 Å². The van der Waals surface area contributed by atoms with Crippen molar-refractivity contribution in [2.45, 2.75) is 25.5 Å². The first-order chi connectivity index (χ1) is 12.2. The van der Waals surface area contributed by atoms with E-state index >= 15 is 0 Å². The molecule has 1 aliphatic rings. The monoisotopic (exact) mass is 382 g/mol. The number of hydrogen-bond acceptors (Lipinski definition) is 3. The van der Waals surface area contributed by atoms with Crippen LogP contribution in [0.5, 0.6) is 5.75 Å². The third kappa shape index (κ3) is 5.94. The van der Waals surface area contributed by atoms with Crippen molar-refractivity contribution in [2.75, 3.05) is 26.2 Å². The normalized spacial score (nSPS) is 16.1. The number of nitrogens with one attached hydrogen (secondary N) is 1. The van der Waals surface area contributed by atoms with Gasteiger partial charge in [0.15, 0.2) is 0 Å². The van der Waals surface area contributed by atoms with Gasteiger partial charge in [-0.25, -0.2) is 8.78 Å². The van der Waals surface area contributed by atoms with Crippen LogP contribution >= 0.6 is 12.4 Å². The molecule has 3 nitrogen and oxygen atoms in total. The zero-order valence-corrected chi connectivity index (χ0v) is 15.4. The Kier molecular flexibility index (Phi) is 8.29. The van der Waals surface area contributed by atoms with Gasteiger partial charge in [-0.05, 0) is 23.3 Å². The molecule has 0 saturated carbocycles. The summed E-state index contributed by atoms with van der Waals surface area (Å²) in [6.45, 7) is 3.78. The Morgan fingerprint density at radius 2 is 1.62 bits per heavy atom. The van der Waals surface area contributed by atoms with Gasteiger partial charge >= 0.3 is 0 Å². The number of benzene rings is 2. The summed E-state index contributed by atoms with van der Waals surface area (Å²) >= 11 is 0. The Balaban J connectivity index is 0.00000243. The van der Waals surface area contributed by atoms with Crippen LogP contribution < -0.4 is 10.1 Å². The Bertz CT molecular complexity index is 634.